The number of nitrogens with zero attached hydrogens (tertiary/aromatic N) is 1. The van der Waals surface area contributed by atoms with Gasteiger partial charge in [-0.3, -0.25) is 9.59 Å². The van der Waals surface area contributed by atoms with Crippen molar-refractivity contribution in [3.63, 3.8) is 0 Å². The van der Waals surface area contributed by atoms with E-state index in [0.717, 1.165) is 11.1 Å². The number of amides is 1. The highest BCUT2D eigenvalue weighted by atomic mass is 16.2. The van der Waals surface area contributed by atoms with Gasteiger partial charge < -0.3 is 4.90 Å². The average molecular weight is 331 g/mol. The molecule has 0 bridgehead atoms. The largest absolute Gasteiger partial charge is 0.334 e. The van der Waals surface area contributed by atoms with E-state index in [9.17, 15) is 9.59 Å². The molecule has 1 aliphatic rings. The lowest BCUT2D eigenvalue weighted by Crippen LogP contribution is -2.41. The van der Waals surface area contributed by atoms with Crippen LogP contribution in [-0.4, -0.2) is 29.7 Å². The summed E-state index contributed by atoms with van der Waals surface area (Å²) in [7, 11) is 0. The van der Waals surface area contributed by atoms with Gasteiger partial charge in [-0.05, 0) is 23.3 Å². The Morgan fingerprint density at radius 3 is 1.72 bits per heavy atom. The summed E-state index contributed by atoms with van der Waals surface area (Å²) in [6.45, 7) is 2.58. The molecule has 0 unspecified atom stereocenters. The molecule has 1 aliphatic heterocycles. The summed E-state index contributed by atoms with van der Waals surface area (Å²) in [4.78, 5) is 26.9. The van der Waals surface area contributed by atoms with Crippen LogP contribution >= 0.6 is 0 Å². The van der Waals surface area contributed by atoms with Gasteiger partial charge in [-0.15, -0.1) is 0 Å². The van der Waals surface area contributed by atoms with Gasteiger partial charge in [-0.25, -0.2) is 0 Å². The zero-order valence-corrected chi connectivity index (χ0v) is 14.3. The van der Waals surface area contributed by atoms with Gasteiger partial charge >= 0.3 is 0 Å². The third-order valence-electron chi connectivity index (χ3n) is 4.24. The minimum atomic E-state index is 0.0212. The predicted octanol–water partition coefficient (Wildman–Crippen LogP) is 3.97. The van der Waals surface area contributed by atoms with Gasteiger partial charge in [0.1, 0.15) is 0 Å². The lowest BCUT2D eigenvalue weighted by molar-refractivity contribution is -0.131. The number of hydrogen-bond donors (Lipinski definition) is 0. The first kappa shape index (κ1) is 16.9. The number of Topliss-reactive ketones (excluding diaryl/α,β-unsaturated/α-hetero) is 1. The van der Waals surface area contributed by atoms with Gasteiger partial charge in [0.05, 0.1) is 0 Å². The van der Waals surface area contributed by atoms with Crippen LogP contribution in [0.4, 0.5) is 0 Å². The van der Waals surface area contributed by atoms with Crippen LogP contribution in [0.5, 0.6) is 0 Å². The number of likely N-dealkylation sites (tertiary alicyclic amines) is 1. The van der Waals surface area contributed by atoms with Gasteiger partial charge in [-0.2, -0.15) is 0 Å². The van der Waals surface area contributed by atoms with Crippen LogP contribution in [0.15, 0.2) is 71.8 Å². The molecule has 2 aromatic rings. The molecule has 1 saturated heterocycles. The molecular formula is C22H21NO2. The van der Waals surface area contributed by atoms with E-state index in [0.29, 0.717) is 30.7 Å². The summed E-state index contributed by atoms with van der Waals surface area (Å²) in [5.41, 5.74) is 3.24. The zero-order valence-electron chi connectivity index (χ0n) is 14.3. The van der Waals surface area contributed by atoms with Crippen molar-refractivity contribution in [2.75, 3.05) is 13.1 Å². The van der Waals surface area contributed by atoms with E-state index < -0.39 is 0 Å². The molecule has 1 heterocycles. The smallest absolute Gasteiger partial charge is 0.222 e. The van der Waals surface area contributed by atoms with Crippen LogP contribution in [-0.2, 0) is 9.59 Å². The molecule has 3 nitrogen and oxygen atoms in total. The van der Waals surface area contributed by atoms with Crippen molar-refractivity contribution in [1.82, 2.24) is 4.90 Å². The second-order valence-corrected chi connectivity index (χ2v) is 6.09. The maximum absolute atomic E-state index is 12.9. The van der Waals surface area contributed by atoms with E-state index in [2.05, 4.69) is 0 Å². The van der Waals surface area contributed by atoms with E-state index in [1.807, 2.05) is 79.7 Å². The van der Waals surface area contributed by atoms with E-state index in [-0.39, 0.29) is 11.7 Å². The molecule has 2 aromatic carbocycles. The molecule has 1 amide bonds. The molecule has 3 heteroatoms. The van der Waals surface area contributed by atoms with Gasteiger partial charge in [0, 0.05) is 30.7 Å². The Morgan fingerprint density at radius 1 is 0.880 bits per heavy atom. The number of carbonyl (C=O) groups is 2. The molecule has 126 valence electrons. The van der Waals surface area contributed by atoms with Crippen molar-refractivity contribution in [3.05, 3.63) is 82.9 Å². The Bertz CT molecular complexity index is 758. The minimum absolute atomic E-state index is 0.0212. The molecule has 0 radical (unpaired) electrons. The lowest BCUT2D eigenvalue weighted by atomic mass is 9.94. The van der Waals surface area contributed by atoms with Crippen LogP contribution in [0.2, 0.25) is 0 Å². The molecule has 0 saturated carbocycles. The van der Waals surface area contributed by atoms with Crippen molar-refractivity contribution in [2.45, 2.75) is 13.3 Å². The quantitative estimate of drug-likeness (QED) is 0.798. The van der Waals surface area contributed by atoms with E-state index in [1.165, 1.54) is 0 Å². The lowest BCUT2D eigenvalue weighted by Gasteiger charge is -2.29. The first-order valence-electron chi connectivity index (χ1n) is 8.51. The van der Waals surface area contributed by atoms with Crippen LogP contribution in [0, 0.1) is 0 Å². The minimum Gasteiger partial charge on any atom is -0.334 e. The van der Waals surface area contributed by atoms with Gasteiger partial charge in [0.15, 0.2) is 5.78 Å². The van der Waals surface area contributed by atoms with Gasteiger partial charge in [0.2, 0.25) is 5.91 Å². The number of carbonyl (C=O) groups excluding carboxylic acids is 2. The van der Waals surface area contributed by atoms with Crippen LogP contribution in [0.3, 0.4) is 0 Å². The van der Waals surface area contributed by atoms with Crippen molar-refractivity contribution in [2.24, 2.45) is 0 Å². The third-order valence-corrected chi connectivity index (χ3v) is 4.24. The molecule has 25 heavy (non-hydrogen) atoms. The number of benzene rings is 2. The number of rotatable bonds is 3. The van der Waals surface area contributed by atoms with Gasteiger partial charge in [0.25, 0.3) is 0 Å². The highest BCUT2D eigenvalue weighted by molar-refractivity contribution is 6.15. The molecule has 0 aliphatic carbocycles. The standard InChI is InChI=1S/C22H21NO2/c1-2-21(24)23-15-19(13-17-9-5-3-6-10-17)22(25)20(16-23)14-18-11-7-4-8-12-18/h3-14H,2,15-16H2,1H3. The number of ketones is 1. The monoisotopic (exact) mass is 331 g/mol. The molecule has 0 atom stereocenters. The summed E-state index contributed by atoms with van der Waals surface area (Å²) < 4.78 is 0. The van der Waals surface area contributed by atoms with Crippen LogP contribution in [0.25, 0.3) is 12.2 Å². The Hall–Kier alpha value is -2.94. The van der Waals surface area contributed by atoms with Gasteiger partial charge in [-0.1, -0.05) is 67.6 Å². The summed E-state index contributed by atoms with van der Waals surface area (Å²) in [5, 5.41) is 0. The molecule has 0 N–H and O–H groups in total. The number of hydrogen-bond acceptors (Lipinski definition) is 2. The second kappa shape index (κ2) is 7.75. The first-order chi connectivity index (χ1) is 12.2. The van der Waals surface area contributed by atoms with Crippen molar-refractivity contribution < 1.29 is 9.59 Å². The Labute approximate surface area is 148 Å². The van der Waals surface area contributed by atoms with Crippen molar-refractivity contribution in [1.29, 1.82) is 0 Å². The molecular weight excluding hydrogens is 310 g/mol. The normalized spacial score (nSPS) is 18.0. The molecule has 0 aromatic heterocycles. The van der Waals surface area contributed by atoms with Crippen LogP contribution in [0.1, 0.15) is 24.5 Å². The predicted molar refractivity (Wildman–Crippen MR) is 101 cm³/mol. The maximum atomic E-state index is 12.9. The SMILES string of the molecule is CCC(=O)N1CC(=Cc2ccccc2)C(=O)C(=Cc2ccccc2)C1. The summed E-state index contributed by atoms with van der Waals surface area (Å²) in [5.74, 6) is 0.0817. The Kier molecular flexibility index (Phi) is 5.24. The van der Waals surface area contributed by atoms with Crippen molar-refractivity contribution in [3.8, 4) is 0 Å². The summed E-state index contributed by atoms with van der Waals surface area (Å²) in [6, 6.07) is 19.5. The maximum Gasteiger partial charge on any atom is 0.222 e. The van der Waals surface area contributed by atoms with Crippen LogP contribution < -0.4 is 0 Å². The molecule has 3 rings (SSSR count). The topological polar surface area (TPSA) is 37.4 Å². The van der Waals surface area contributed by atoms with E-state index >= 15 is 0 Å². The first-order valence-corrected chi connectivity index (χ1v) is 8.51. The molecule has 1 fully saturated rings. The fraction of sp³-hybridized carbons (Fsp3) is 0.182. The summed E-state index contributed by atoms with van der Waals surface area (Å²) in [6.07, 6.45) is 4.21. The fourth-order valence-corrected chi connectivity index (χ4v) is 2.94. The zero-order chi connectivity index (χ0) is 17.6. The Morgan fingerprint density at radius 2 is 1.32 bits per heavy atom. The van der Waals surface area contributed by atoms with E-state index in [4.69, 9.17) is 0 Å². The van der Waals surface area contributed by atoms with E-state index in [1.54, 1.807) is 4.90 Å². The van der Waals surface area contributed by atoms with Crippen molar-refractivity contribution >= 4 is 23.8 Å². The highest BCUT2D eigenvalue weighted by Crippen LogP contribution is 2.22. The highest BCUT2D eigenvalue weighted by Gasteiger charge is 2.28. The average Bonchev–Trinajstić information content (AvgIpc) is 2.66. The molecule has 0 spiro atoms. The third kappa shape index (κ3) is 4.13. The second-order valence-electron chi connectivity index (χ2n) is 6.09. The Balaban J connectivity index is 1.98. The number of piperidine rings is 1. The summed E-state index contributed by atoms with van der Waals surface area (Å²) >= 11 is 0. The fourth-order valence-electron chi connectivity index (χ4n) is 2.94.